The van der Waals surface area contributed by atoms with Crippen molar-refractivity contribution in [1.29, 1.82) is 0 Å². The first-order chi connectivity index (χ1) is 14.5. The number of carbonyl (C=O) groups excluding carboxylic acids is 2. The number of anilines is 1. The Hall–Kier alpha value is -3.81. The molecule has 1 aliphatic heterocycles. The zero-order valence-corrected chi connectivity index (χ0v) is 16.7. The molecule has 1 amide bonds. The van der Waals surface area contributed by atoms with Gasteiger partial charge in [-0.2, -0.15) is 5.10 Å². The Bertz CT molecular complexity index is 1090. The van der Waals surface area contributed by atoms with Crippen molar-refractivity contribution >= 4 is 17.6 Å². The second-order valence-corrected chi connectivity index (χ2v) is 6.78. The molecule has 8 nitrogen and oxygen atoms in total. The van der Waals surface area contributed by atoms with E-state index in [1.807, 2.05) is 30.3 Å². The number of nitrogens with zero attached hydrogens (tertiary/aromatic N) is 2. The smallest absolute Gasteiger partial charge is 0.342 e. The number of rotatable bonds is 5. The van der Waals surface area contributed by atoms with Gasteiger partial charge >= 0.3 is 5.97 Å². The van der Waals surface area contributed by atoms with Crippen LogP contribution in [-0.4, -0.2) is 41.5 Å². The fraction of sp³-hybridized carbons (Fsp3) is 0.227. The molecule has 0 saturated carbocycles. The number of nitrogens with one attached hydrogen (secondary N) is 1. The number of hydrogen-bond acceptors (Lipinski definition) is 6. The molecule has 0 aliphatic carbocycles. The van der Waals surface area contributed by atoms with Crippen molar-refractivity contribution in [2.75, 3.05) is 25.1 Å². The van der Waals surface area contributed by atoms with Crippen LogP contribution in [0.3, 0.4) is 0 Å². The maximum atomic E-state index is 12.6. The number of esters is 1. The Morgan fingerprint density at radius 3 is 2.57 bits per heavy atom. The first-order valence-corrected chi connectivity index (χ1v) is 9.51. The summed E-state index contributed by atoms with van der Waals surface area (Å²) in [6.45, 7) is 4.06. The number of benzene rings is 2. The van der Waals surface area contributed by atoms with E-state index in [1.54, 1.807) is 36.7 Å². The van der Waals surface area contributed by atoms with Crippen LogP contribution >= 0.6 is 0 Å². The molecule has 154 valence electrons. The predicted molar refractivity (Wildman–Crippen MR) is 109 cm³/mol. The molecule has 2 heterocycles. The molecule has 0 saturated heterocycles. The third-order valence-corrected chi connectivity index (χ3v) is 4.66. The summed E-state index contributed by atoms with van der Waals surface area (Å²) in [5, 5.41) is 7.11. The predicted octanol–water partition coefficient (Wildman–Crippen LogP) is 3.06. The van der Waals surface area contributed by atoms with Crippen LogP contribution in [-0.2, 0) is 9.53 Å². The molecular formula is C22H21N3O5. The Labute approximate surface area is 173 Å². The molecular weight excluding hydrogens is 386 g/mol. The number of para-hydroxylation sites is 1. The van der Waals surface area contributed by atoms with E-state index >= 15 is 0 Å². The summed E-state index contributed by atoms with van der Waals surface area (Å²) in [5.74, 6) is 0.151. The highest BCUT2D eigenvalue weighted by molar-refractivity contribution is 5.96. The van der Waals surface area contributed by atoms with Crippen molar-refractivity contribution < 1.29 is 23.8 Å². The highest BCUT2D eigenvalue weighted by atomic mass is 16.6. The molecule has 30 heavy (non-hydrogen) atoms. The summed E-state index contributed by atoms with van der Waals surface area (Å²) in [6.07, 6.45) is 0. The Balaban J connectivity index is 1.40. The van der Waals surface area contributed by atoms with Gasteiger partial charge < -0.3 is 19.5 Å². The number of amides is 1. The molecule has 0 unspecified atom stereocenters. The van der Waals surface area contributed by atoms with Gasteiger partial charge in [-0.1, -0.05) is 18.2 Å². The van der Waals surface area contributed by atoms with Crippen LogP contribution in [0, 0.1) is 13.8 Å². The first kappa shape index (κ1) is 19.5. The van der Waals surface area contributed by atoms with E-state index in [9.17, 15) is 9.59 Å². The molecule has 1 aliphatic rings. The van der Waals surface area contributed by atoms with Crippen molar-refractivity contribution in [3.63, 3.8) is 0 Å². The topological polar surface area (TPSA) is 91.7 Å². The van der Waals surface area contributed by atoms with Crippen LogP contribution in [0.15, 0.2) is 48.5 Å². The van der Waals surface area contributed by atoms with Crippen LogP contribution in [0.1, 0.15) is 21.7 Å². The molecule has 0 fully saturated rings. The zero-order valence-electron chi connectivity index (χ0n) is 16.7. The number of hydrogen-bond donors (Lipinski definition) is 1. The monoisotopic (exact) mass is 407 g/mol. The average Bonchev–Trinajstić information content (AvgIpc) is 3.06. The van der Waals surface area contributed by atoms with E-state index < -0.39 is 18.5 Å². The van der Waals surface area contributed by atoms with E-state index in [0.29, 0.717) is 47.4 Å². The lowest BCUT2D eigenvalue weighted by atomic mass is 10.2. The Morgan fingerprint density at radius 1 is 1.07 bits per heavy atom. The first-order valence-electron chi connectivity index (χ1n) is 9.51. The SMILES string of the molecule is Cc1nn(-c2ccccc2)c(C)c1C(=O)OCC(=O)Nc1ccc2c(c1)OCCO2. The lowest BCUT2D eigenvalue weighted by molar-refractivity contribution is -0.119. The average molecular weight is 407 g/mol. The second kappa shape index (κ2) is 8.28. The third-order valence-electron chi connectivity index (χ3n) is 4.66. The molecule has 1 N–H and O–H groups in total. The molecule has 8 heteroatoms. The summed E-state index contributed by atoms with van der Waals surface area (Å²) in [7, 11) is 0. The van der Waals surface area contributed by atoms with Gasteiger partial charge in [0.15, 0.2) is 18.1 Å². The van der Waals surface area contributed by atoms with E-state index in [2.05, 4.69) is 10.4 Å². The van der Waals surface area contributed by atoms with Gasteiger partial charge in [-0.25, -0.2) is 9.48 Å². The quantitative estimate of drug-likeness (QED) is 0.654. The number of fused-ring (bicyclic) bond motifs is 1. The zero-order chi connectivity index (χ0) is 21.1. The van der Waals surface area contributed by atoms with Gasteiger partial charge in [0.2, 0.25) is 0 Å². The highest BCUT2D eigenvalue weighted by Gasteiger charge is 2.22. The summed E-state index contributed by atoms with van der Waals surface area (Å²) >= 11 is 0. The molecule has 1 aromatic heterocycles. The Kier molecular flexibility index (Phi) is 5.38. The van der Waals surface area contributed by atoms with Gasteiger partial charge in [-0.3, -0.25) is 4.79 Å². The molecule has 0 spiro atoms. The fourth-order valence-corrected chi connectivity index (χ4v) is 3.28. The van der Waals surface area contributed by atoms with Gasteiger partial charge in [-0.05, 0) is 38.1 Å². The van der Waals surface area contributed by atoms with Crippen LogP contribution in [0.5, 0.6) is 11.5 Å². The minimum Gasteiger partial charge on any atom is -0.486 e. The lowest BCUT2D eigenvalue weighted by Gasteiger charge is -2.19. The van der Waals surface area contributed by atoms with Gasteiger partial charge in [0.1, 0.15) is 18.8 Å². The molecule has 0 bridgehead atoms. The summed E-state index contributed by atoms with van der Waals surface area (Å²) in [6, 6.07) is 14.6. The maximum Gasteiger partial charge on any atom is 0.342 e. The normalized spacial score (nSPS) is 12.3. The van der Waals surface area contributed by atoms with Gasteiger partial charge in [0.05, 0.1) is 17.1 Å². The van der Waals surface area contributed by atoms with E-state index in [4.69, 9.17) is 14.2 Å². The fourth-order valence-electron chi connectivity index (χ4n) is 3.28. The Morgan fingerprint density at radius 2 is 1.80 bits per heavy atom. The minimum atomic E-state index is -0.593. The molecule has 4 rings (SSSR count). The number of aryl methyl sites for hydroxylation is 1. The van der Waals surface area contributed by atoms with Crippen molar-refractivity contribution in [2.45, 2.75) is 13.8 Å². The molecule has 0 atom stereocenters. The largest absolute Gasteiger partial charge is 0.486 e. The lowest BCUT2D eigenvalue weighted by Crippen LogP contribution is -2.22. The molecule has 3 aromatic rings. The van der Waals surface area contributed by atoms with Gasteiger partial charge in [0.25, 0.3) is 5.91 Å². The van der Waals surface area contributed by atoms with Crippen molar-refractivity contribution in [3.8, 4) is 17.2 Å². The standard InChI is InChI=1S/C22H21N3O5/c1-14-21(15(2)25(24-14)17-6-4-3-5-7-17)22(27)30-13-20(26)23-16-8-9-18-19(12-16)29-11-10-28-18/h3-9,12H,10-11,13H2,1-2H3,(H,23,26). The van der Waals surface area contributed by atoms with Crippen LogP contribution in [0.2, 0.25) is 0 Å². The van der Waals surface area contributed by atoms with Crippen molar-refractivity contribution in [1.82, 2.24) is 9.78 Å². The van der Waals surface area contributed by atoms with Gasteiger partial charge in [-0.15, -0.1) is 0 Å². The van der Waals surface area contributed by atoms with E-state index in [-0.39, 0.29) is 0 Å². The number of carbonyl (C=O) groups is 2. The highest BCUT2D eigenvalue weighted by Crippen LogP contribution is 2.32. The molecule has 0 radical (unpaired) electrons. The van der Waals surface area contributed by atoms with Crippen molar-refractivity contribution in [2.24, 2.45) is 0 Å². The van der Waals surface area contributed by atoms with Crippen molar-refractivity contribution in [3.05, 3.63) is 65.5 Å². The van der Waals surface area contributed by atoms with Gasteiger partial charge in [0, 0.05) is 11.8 Å². The second-order valence-electron chi connectivity index (χ2n) is 6.78. The van der Waals surface area contributed by atoms with Crippen LogP contribution in [0.4, 0.5) is 5.69 Å². The summed E-state index contributed by atoms with van der Waals surface area (Å²) in [5.41, 5.74) is 2.91. The summed E-state index contributed by atoms with van der Waals surface area (Å²) in [4.78, 5) is 24.8. The van der Waals surface area contributed by atoms with Crippen LogP contribution < -0.4 is 14.8 Å². The number of aromatic nitrogens is 2. The minimum absolute atomic E-state index is 0.353. The van der Waals surface area contributed by atoms with Crippen LogP contribution in [0.25, 0.3) is 5.69 Å². The van der Waals surface area contributed by atoms with E-state index in [1.165, 1.54) is 0 Å². The number of ether oxygens (including phenoxy) is 3. The molecule has 2 aromatic carbocycles. The van der Waals surface area contributed by atoms with E-state index in [0.717, 1.165) is 5.69 Å². The maximum absolute atomic E-state index is 12.6. The summed E-state index contributed by atoms with van der Waals surface area (Å²) < 4.78 is 17.9. The third kappa shape index (κ3) is 3.98.